The Labute approximate surface area is 133 Å². The van der Waals surface area contributed by atoms with Gasteiger partial charge in [0, 0.05) is 0 Å². The molecule has 4 unspecified atom stereocenters. The third kappa shape index (κ3) is 5.10. The van der Waals surface area contributed by atoms with Crippen molar-refractivity contribution in [2.45, 2.75) is 39.1 Å². The molecule has 0 saturated heterocycles. The SMILES string of the molecule is CC(OC(=O)C1C=CCCC1C(=O)OC(C)N(C)C)N(C)C. The number of carbonyl (C=O) groups excluding carboxylic acids is 2. The average Bonchev–Trinajstić information content (AvgIpc) is 2.46. The van der Waals surface area contributed by atoms with Gasteiger partial charge < -0.3 is 9.47 Å². The van der Waals surface area contributed by atoms with Crippen LogP contribution in [0.3, 0.4) is 0 Å². The highest BCUT2D eigenvalue weighted by molar-refractivity contribution is 5.84. The van der Waals surface area contributed by atoms with Gasteiger partial charge in [-0.15, -0.1) is 0 Å². The minimum Gasteiger partial charge on any atom is -0.446 e. The van der Waals surface area contributed by atoms with Gasteiger partial charge in [0.15, 0.2) is 12.5 Å². The van der Waals surface area contributed by atoms with E-state index in [0.717, 1.165) is 6.42 Å². The van der Waals surface area contributed by atoms with Gasteiger partial charge in [0.05, 0.1) is 11.8 Å². The maximum atomic E-state index is 12.3. The fourth-order valence-electron chi connectivity index (χ4n) is 2.05. The monoisotopic (exact) mass is 312 g/mol. The van der Waals surface area contributed by atoms with Crippen LogP contribution < -0.4 is 0 Å². The van der Waals surface area contributed by atoms with E-state index in [-0.39, 0.29) is 24.4 Å². The molecule has 0 amide bonds. The van der Waals surface area contributed by atoms with E-state index in [9.17, 15) is 9.59 Å². The van der Waals surface area contributed by atoms with Crippen LogP contribution in [0.25, 0.3) is 0 Å². The number of ether oxygens (including phenoxy) is 2. The van der Waals surface area contributed by atoms with Crippen LogP contribution in [0.1, 0.15) is 26.7 Å². The Hall–Kier alpha value is -1.40. The molecule has 0 radical (unpaired) electrons. The summed E-state index contributed by atoms with van der Waals surface area (Å²) in [6.07, 6.45) is 4.40. The molecule has 1 aliphatic rings. The van der Waals surface area contributed by atoms with Gasteiger partial charge in [0.1, 0.15) is 0 Å². The lowest BCUT2D eigenvalue weighted by atomic mass is 9.84. The number of rotatable bonds is 6. The highest BCUT2D eigenvalue weighted by atomic mass is 16.6. The van der Waals surface area contributed by atoms with Crippen LogP contribution >= 0.6 is 0 Å². The summed E-state index contributed by atoms with van der Waals surface area (Å²) in [6.45, 7) is 3.60. The molecule has 0 saturated carbocycles. The lowest BCUT2D eigenvalue weighted by molar-refractivity contribution is -0.171. The van der Waals surface area contributed by atoms with E-state index in [1.165, 1.54) is 0 Å². The molecule has 126 valence electrons. The summed E-state index contributed by atoms with van der Waals surface area (Å²) < 4.78 is 10.8. The Morgan fingerprint density at radius 1 is 1.00 bits per heavy atom. The number of hydrogen-bond acceptors (Lipinski definition) is 6. The third-order valence-corrected chi connectivity index (χ3v) is 4.02. The van der Waals surface area contributed by atoms with E-state index < -0.39 is 11.8 Å². The number of esters is 2. The largest absolute Gasteiger partial charge is 0.446 e. The maximum Gasteiger partial charge on any atom is 0.315 e. The summed E-state index contributed by atoms with van der Waals surface area (Å²) >= 11 is 0. The Morgan fingerprint density at radius 2 is 1.50 bits per heavy atom. The number of carbonyl (C=O) groups is 2. The minimum atomic E-state index is -0.571. The topological polar surface area (TPSA) is 59.1 Å². The van der Waals surface area contributed by atoms with Crippen LogP contribution in [0.4, 0.5) is 0 Å². The predicted octanol–water partition coefficient (Wildman–Crippen LogP) is 1.47. The first-order valence-electron chi connectivity index (χ1n) is 7.64. The van der Waals surface area contributed by atoms with Crippen molar-refractivity contribution in [1.29, 1.82) is 0 Å². The summed E-state index contributed by atoms with van der Waals surface area (Å²) in [6, 6.07) is 0. The highest BCUT2D eigenvalue weighted by Gasteiger charge is 2.37. The zero-order valence-electron chi connectivity index (χ0n) is 14.4. The Balaban J connectivity index is 2.74. The van der Waals surface area contributed by atoms with Crippen molar-refractivity contribution in [3.05, 3.63) is 12.2 Å². The summed E-state index contributed by atoms with van der Waals surface area (Å²) in [5.41, 5.74) is 0. The summed E-state index contributed by atoms with van der Waals surface area (Å²) in [5, 5.41) is 0. The van der Waals surface area contributed by atoms with Gasteiger partial charge in [-0.05, 0) is 54.9 Å². The maximum absolute atomic E-state index is 12.3. The average molecular weight is 312 g/mol. The van der Waals surface area contributed by atoms with E-state index in [1.807, 2.05) is 34.3 Å². The smallest absolute Gasteiger partial charge is 0.315 e. The second-order valence-corrected chi connectivity index (χ2v) is 6.14. The van der Waals surface area contributed by atoms with Gasteiger partial charge in [-0.3, -0.25) is 19.4 Å². The molecule has 1 aliphatic carbocycles. The van der Waals surface area contributed by atoms with Crippen molar-refractivity contribution in [2.75, 3.05) is 28.2 Å². The first-order chi connectivity index (χ1) is 10.2. The Bertz CT molecular complexity index is 420. The molecule has 0 aromatic carbocycles. The summed E-state index contributed by atoms with van der Waals surface area (Å²) in [4.78, 5) is 28.3. The van der Waals surface area contributed by atoms with Gasteiger partial charge >= 0.3 is 11.9 Å². The van der Waals surface area contributed by atoms with Crippen molar-refractivity contribution in [2.24, 2.45) is 11.8 Å². The third-order valence-electron chi connectivity index (χ3n) is 4.02. The lowest BCUT2D eigenvalue weighted by Gasteiger charge is -2.29. The molecule has 0 heterocycles. The molecule has 6 nitrogen and oxygen atoms in total. The molecule has 0 fully saturated rings. The second-order valence-electron chi connectivity index (χ2n) is 6.14. The van der Waals surface area contributed by atoms with E-state index in [1.54, 1.807) is 29.7 Å². The van der Waals surface area contributed by atoms with Crippen LogP contribution in [0.2, 0.25) is 0 Å². The number of hydrogen-bond donors (Lipinski definition) is 0. The molecule has 0 N–H and O–H groups in total. The molecular formula is C16H28N2O4. The fraction of sp³-hybridized carbons (Fsp3) is 0.750. The molecule has 0 aliphatic heterocycles. The van der Waals surface area contributed by atoms with E-state index in [0.29, 0.717) is 6.42 Å². The zero-order chi connectivity index (χ0) is 16.9. The minimum absolute atomic E-state index is 0.323. The second kappa shape index (κ2) is 8.29. The normalized spacial score (nSPS) is 24.2. The highest BCUT2D eigenvalue weighted by Crippen LogP contribution is 2.28. The molecule has 0 bridgehead atoms. The lowest BCUT2D eigenvalue weighted by Crippen LogP contribution is -2.39. The van der Waals surface area contributed by atoms with Crippen molar-refractivity contribution >= 4 is 11.9 Å². The van der Waals surface area contributed by atoms with Crippen LogP contribution in [0, 0.1) is 11.8 Å². The molecule has 0 aromatic rings. The summed E-state index contributed by atoms with van der Waals surface area (Å²) in [5.74, 6) is -1.77. The first-order valence-corrected chi connectivity index (χ1v) is 7.64. The molecule has 1 rings (SSSR count). The van der Waals surface area contributed by atoms with Gasteiger partial charge in [-0.1, -0.05) is 12.2 Å². The van der Waals surface area contributed by atoms with Crippen LogP contribution in [0.5, 0.6) is 0 Å². The summed E-state index contributed by atoms with van der Waals surface area (Å²) in [7, 11) is 7.34. The fourth-order valence-corrected chi connectivity index (χ4v) is 2.05. The quantitative estimate of drug-likeness (QED) is 0.420. The number of nitrogens with zero attached hydrogens (tertiary/aromatic N) is 2. The van der Waals surface area contributed by atoms with Crippen LogP contribution in [0.15, 0.2) is 12.2 Å². The van der Waals surface area contributed by atoms with Gasteiger partial charge in [-0.2, -0.15) is 0 Å². The van der Waals surface area contributed by atoms with E-state index in [4.69, 9.17) is 9.47 Å². The van der Waals surface area contributed by atoms with Crippen molar-refractivity contribution in [1.82, 2.24) is 9.80 Å². The van der Waals surface area contributed by atoms with Crippen molar-refractivity contribution in [3.63, 3.8) is 0 Å². The standard InChI is InChI=1S/C16H28N2O4/c1-11(17(3)4)21-15(19)13-9-7-8-10-14(13)16(20)22-12(2)18(5)6/h7,9,11-14H,8,10H2,1-6H3. The molecule has 6 heteroatoms. The first kappa shape index (κ1) is 18.6. The Morgan fingerprint density at radius 3 is 2.00 bits per heavy atom. The van der Waals surface area contributed by atoms with Crippen LogP contribution in [-0.4, -0.2) is 62.4 Å². The Kier molecular flexibility index (Phi) is 7.03. The van der Waals surface area contributed by atoms with Crippen molar-refractivity contribution in [3.8, 4) is 0 Å². The van der Waals surface area contributed by atoms with Gasteiger partial charge in [0.25, 0.3) is 0 Å². The molecule has 0 spiro atoms. The van der Waals surface area contributed by atoms with E-state index >= 15 is 0 Å². The molecular weight excluding hydrogens is 284 g/mol. The zero-order valence-corrected chi connectivity index (χ0v) is 14.4. The predicted molar refractivity (Wildman–Crippen MR) is 83.8 cm³/mol. The van der Waals surface area contributed by atoms with E-state index in [2.05, 4.69) is 0 Å². The molecule has 0 aromatic heterocycles. The van der Waals surface area contributed by atoms with Gasteiger partial charge in [-0.25, -0.2) is 0 Å². The number of allylic oxidation sites excluding steroid dienone is 1. The van der Waals surface area contributed by atoms with Gasteiger partial charge in [0.2, 0.25) is 0 Å². The molecule has 4 atom stereocenters. The van der Waals surface area contributed by atoms with Crippen molar-refractivity contribution < 1.29 is 19.1 Å². The molecule has 22 heavy (non-hydrogen) atoms. The van der Waals surface area contributed by atoms with Crippen LogP contribution in [-0.2, 0) is 19.1 Å².